The van der Waals surface area contributed by atoms with Crippen molar-refractivity contribution in [2.75, 3.05) is 0 Å². The molecule has 3 rings (SSSR count). The summed E-state index contributed by atoms with van der Waals surface area (Å²) in [7, 11) is 0. The van der Waals surface area contributed by atoms with E-state index in [-0.39, 0.29) is 6.42 Å². The number of hydrogen-bond acceptors (Lipinski definition) is 3. The lowest BCUT2D eigenvalue weighted by atomic mass is 10.1. The SMILES string of the molecule is O=C(O)C(Cc1ccccc1)NC(=O)n1ccc(-c2ccccc2)n1. The largest absolute Gasteiger partial charge is 0.480 e. The summed E-state index contributed by atoms with van der Waals surface area (Å²) in [5, 5.41) is 16.1. The van der Waals surface area contributed by atoms with E-state index in [9.17, 15) is 14.7 Å². The van der Waals surface area contributed by atoms with Gasteiger partial charge in [0.05, 0.1) is 5.69 Å². The number of carbonyl (C=O) groups excluding carboxylic acids is 1. The molecule has 25 heavy (non-hydrogen) atoms. The van der Waals surface area contributed by atoms with Crippen molar-refractivity contribution in [3.63, 3.8) is 0 Å². The van der Waals surface area contributed by atoms with Crippen LogP contribution in [0, 0.1) is 0 Å². The number of carbonyl (C=O) groups is 2. The van der Waals surface area contributed by atoms with Crippen LogP contribution in [-0.2, 0) is 11.2 Å². The van der Waals surface area contributed by atoms with Crippen LogP contribution in [0.1, 0.15) is 5.56 Å². The Morgan fingerprint density at radius 3 is 2.28 bits per heavy atom. The van der Waals surface area contributed by atoms with Gasteiger partial charge in [-0.05, 0) is 11.6 Å². The fourth-order valence-corrected chi connectivity index (χ4v) is 2.46. The second-order valence-corrected chi connectivity index (χ2v) is 5.54. The Bertz CT molecular complexity index is 860. The normalized spacial score (nSPS) is 11.7. The standard InChI is InChI=1S/C19H17N3O3/c23-18(24)17(13-14-7-3-1-4-8-14)20-19(25)22-12-11-16(21-22)15-9-5-2-6-10-15/h1-12,17H,13H2,(H,20,25)(H,23,24). The monoisotopic (exact) mass is 335 g/mol. The van der Waals surface area contributed by atoms with Crippen LogP contribution in [0.3, 0.4) is 0 Å². The van der Waals surface area contributed by atoms with Crippen LogP contribution in [-0.4, -0.2) is 32.9 Å². The number of amides is 1. The first kappa shape index (κ1) is 16.4. The van der Waals surface area contributed by atoms with Gasteiger partial charge in [0, 0.05) is 18.2 Å². The van der Waals surface area contributed by atoms with E-state index in [1.807, 2.05) is 60.7 Å². The van der Waals surface area contributed by atoms with E-state index >= 15 is 0 Å². The van der Waals surface area contributed by atoms with Crippen LogP contribution in [0.2, 0.25) is 0 Å². The average Bonchev–Trinajstić information content (AvgIpc) is 3.13. The summed E-state index contributed by atoms with van der Waals surface area (Å²) in [6.07, 6.45) is 1.72. The molecule has 126 valence electrons. The highest BCUT2D eigenvalue weighted by Crippen LogP contribution is 2.15. The van der Waals surface area contributed by atoms with Crippen molar-refractivity contribution in [1.82, 2.24) is 15.1 Å². The van der Waals surface area contributed by atoms with Gasteiger partial charge in [-0.2, -0.15) is 9.78 Å². The van der Waals surface area contributed by atoms with Gasteiger partial charge >= 0.3 is 12.0 Å². The number of benzene rings is 2. The van der Waals surface area contributed by atoms with Crippen molar-refractivity contribution in [2.45, 2.75) is 12.5 Å². The van der Waals surface area contributed by atoms with Gasteiger partial charge in [0.1, 0.15) is 6.04 Å². The third kappa shape index (κ3) is 4.11. The molecule has 0 saturated carbocycles. The molecule has 6 heteroatoms. The smallest absolute Gasteiger partial charge is 0.342 e. The molecule has 1 atom stereocenters. The Morgan fingerprint density at radius 1 is 1.00 bits per heavy atom. The van der Waals surface area contributed by atoms with Crippen molar-refractivity contribution < 1.29 is 14.7 Å². The van der Waals surface area contributed by atoms with Crippen molar-refractivity contribution in [1.29, 1.82) is 0 Å². The van der Waals surface area contributed by atoms with Crippen molar-refractivity contribution in [2.24, 2.45) is 0 Å². The van der Waals surface area contributed by atoms with E-state index in [1.54, 1.807) is 6.07 Å². The minimum Gasteiger partial charge on any atom is -0.480 e. The second kappa shape index (κ2) is 7.44. The lowest BCUT2D eigenvalue weighted by Crippen LogP contribution is -2.44. The minimum atomic E-state index is -1.09. The summed E-state index contributed by atoms with van der Waals surface area (Å²) in [6.45, 7) is 0. The first-order valence-electron chi connectivity index (χ1n) is 7.82. The van der Waals surface area contributed by atoms with Gasteiger partial charge in [0.15, 0.2) is 0 Å². The molecule has 0 fully saturated rings. The Hall–Kier alpha value is -3.41. The van der Waals surface area contributed by atoms with Gasteiger partial charge in [-0.1, -0.05) is 60.7 Å². The van der Waals surface area contributed by atoms with Gasteiger partial charge in [-0.3, -0.25) is 0 Å². The molecule has 1 heterocycles. The molecular formula is C19H17N3O3. The number of nitrogens with zero attached hydrogens (tertiary/aromatic N) is 2. The van der Waals surface area contributed by atoms with Crippen molar-refractivity contribution >= 4 is 12.0 Å². The van der Waals surface area contributed by atoms with Gasteiger partial charge in [-0.25, -0.2) is 9.59 Å². The maximum Gasteiger partial charge on any atom is 0.342 e. The zero-order valence-corrected chi connectivity index (χ0v) is 13.4. The molecule has 1 aromatic heterocycles. The van der Waals surface area contributed by atoms with Crippen LogP contribution in [0.5, 0.6) is 0 Å². The Kier molecular flexibility index (Phi) is 4.89. The number of aliphatic carboxylic acids is 1. The molecule has 1 unspecified atom stereocenters. The highest BCUT2D eigenvalue weighted by atomic mass is 16.4. The minimum absolute atomic E-state index is 0.203. The molecule has 6 nitrogen and oxygen atoms in total. The maximum atomic E-state index is 12.3. The predicted octanol–water partition coefficient (Wildman–Crippen LogP) is 2.80. The summed E-state index contributed by atoms with van der Waals surface area (Å²) >= 11 is 0. The first-order valence-corrected chi connectivity index (χ1v) is 7.82. The molecule has 1 amide bonds. The number of rotatable bonds is 5. The zero-order chi connectivity index (χ0) is 17.6. The number of hydrogen-bond donors (Lipinski definition) is 2. The lowest BCUT2D eigenvalue weighted by molar-refractivity contribution is -0.139. The highest BCUT2D eigenvalue weighted by Gasteiger charge is 2.21. The van der Waals surface area contributed by atoms with Crippen LogP contribution >= 0.6 is 0 Å². The molecule has 0 aliphatic carbocycles. The fourth-order valence-electron chi connectivity index (χ4n) is 2.46. The molecule has 0 aliphatic rings. The molecule has 2 N–H and O–H groups in total. The molecule has 3 aromatic rings. The van der Waals surface area contributed by atoms with Crippen LogP contribution < -0.4 is 5.32 Å². The Balaban J connectivity index is 1.72. The fraction of sp³-hybridized carbons (Fsp3) is 0.105. The third-order valence-corrected chi connectivity index (χ3v) is 3.75. The number of carboxylic acid groups (broad SMARTS) is 1. The molecule has 0 aliphatic heterocycles. The number of carboxylic acids is 1. The Labute approximate surface area is 144 Å². The van der Waals surface area contributed by atoms with Gasteiger partial charge in [-0.15, -0.1) is 0 Å². The highest BCUT2D eigenvalue weighted by molar-refractivity contribution is 5.84. The molecule has 0 radical (unpaired) electrons. The molecular weight excluding hydrogens is 318 g/mol. The zero-order valence-electron chi connectivity index (χ0n) is 13.4. The van der Waals surface area contributed by atoms with Gasteiger partial charge in [0.25, 0.3) is 0 Å². The summed E-state index contributed by atoms with van der Waals surface area (Å²) < 4.78 is 1.11. The lowest BCUT2D eigenvalue weighted by Gasteiger charge is -2.14. The van der Waals surface area contributed by atoms with Crippen LogP contribution in [0.4, 0.5) is 4.79 Å². The molecule has 0 spiro atoms. The van der Waals surface area contributed by atoms with E-state index < -0.39 is 18.0 Å². The molecule has 0 saturated heterocycles. The van der Waals surface area contributed by atoms with E-state index in [2.05, 4.69) is 10.4 Å². The molecule has 2 aromatic carbocycles. The van der Waals surface area contributed by atoms with Crippen molar-refractivity contribution in [3.8, 4) is 11.3 Å². The van der Waals surface area contributed by atoms with Crippen molar-refractivity contribution in [3.05, 3.63) is 78.5 Å². The summed E-state index contributed by atoms with van der Waals surface area (Å²) in [5.74, 6) is -1.09. The summed E-state index contributed by atoms with van der Waals surface area (Å²) in [4.78, 5) is 23.8. The first-order chi connectivity index (χ1) is 12.1. The van der Waals surface area contributed by atoms with Gasteiger partial charge in [0.2, 0.25) is 0 Å². The quantitative estimate of drug-likeness (QED) is 0.751. The number of aromatic nitrogens is 2. The topological polar surface area (TPSA) is 84.2 Å². The maximum absolute atomic E-state index is 12.3. The second-order valence-electron chi connectivity index (χ2n) is 5.54. The summed E-state index contributed by atoms with van der Waals surface area (Å²) in [5.41, 5.74) is 2.36. The summed E-state index contributed by atoms with van der Waals surface area (Å²) in [6, 6.07) is 18.7. The third-order valence-electron chi connectivity index (χ3n) is 3.75. The van der Waals surface area contributed by atoms with Gasteiger partial charge < -0.3 is 10.4 Å². The predicted molar refractivity (Wildman–Crippen MR) is 93.2 cm³/mol. The average molecular weight is 335 g/mol. The molecule has 0 bridgehead atoms. The van der Waals surface area contributed by atoms with E-state index in [4.69, 9.17) is 0 Å². The Morgan fingerprint density at radius 2 is 1.64 bits per heavy atom. The number of nitrogens with one attached hydrogen (secondary N) is 1. The van der Waals surface area contributed by atoms with E-state index in [0.29, 0.717) is 5.69 Å². The van der Waals surface area contributed by atoms with Crippen LogP contribution in [0.25, 0.3) is 11.3 Å². The van der Waals surface area contributed by atoms with E-state index in [0.717, 1.165) is 15.8 Å². The van der Waals surface area contributed by atoms with E-state index in [1.165, 1.54) is 6.20 Å². The van der Waals surface area contributed by atoms with Crippen LogP contribution in [0.15, 0.2) is 72.9 Å².